The topological polar surface area (TPSA) is 67.3 Å². The van der Waals surface area contributed by atoms with Crippen molar-refractivity contribution < 1.29 is 9.84 Å². The van der Waals surface area contributed by atoms with E-state index in [0.717, 1.165) is 60.0 Å². The van der Waals surface area contributed by atoms with Crippen molar-refractivity contribution in [2.75, 3.05) is 18.5 Å². The lowest BCUT2D eigenvalue weighted by molar-refractivity contribution is 0.219. The van der Waals surface area contributed by atoms with Gasteiger partial charge in [-0.1, -0.05) is 18.2 Å². The fraction of sp³-hybridized carbons (Fsp3) is 0.444. The van der Waals surface area contributed by atoms with E-state index in [1.807, 2.05) is 25.1 Å². The number of nitrogens with one attached hydrogen (secondary N) is 1. The number of aliphatic hydroxyl groups is 1. The zero-order valence-electron chi connectivity index (χ0n) is 13.3. The summed E-state index contributed by atoms with van der Waals surface area (Å²) in [5.74, 6) is 2.55. The van der Waals surface area contributed by atoms with Crippen molar-refractivity contribution in [2.24, 2.45) is 5.41 Å². The molecule has 1 aromatic heterocycles. The fourth-order valence-corrected chi connectivity index (χ4v) is 3.07. The first kappa shape index (κ1) is 14.5. The third-order valence-corrected chi connectivity index (χ3v) is 4.83. The highest BCUT2D eigenvalue weighted by Gasteiger charge is 2.42. The minimum absolute atomic E-state index is 0.0465. The van der Waals surface area contributed by atoms with Crippen LogP contribution in [0.5, 0.6) is 5.75 Å². The maximum atomic E-state index is 9.51. The molecule has 1 aliphatic heterocycles. The van der Waals surface area contributed by atoms with E-state index in [4.69, 9.17) is 4.74 Å². The van der Waals surface area contributed by atoms with Gasteiger partial charge < -0.3 is 15.2 Å². The van der Waals surface area contributed by atoms with Crippen molar-refractivity contribution in [2.45, 2.75) is 32.8 Å². The Kier molecular flexibility index (Phi) is 3.45. The van der Waals surface area contributed by atoms with Crippen molar-refractivity contribution >= 4 is 5.82 Å². The van der Waals surface area contributed by atoms with Gasteiger partial charge in [-0.15, -0.1) is 0 Å². The summed E-state index contributed by atoms with van der Waals surface area (Å²) in [5, 5.41) is 13.0. The third kappa shape index (κ3) is 2.77. The molecular weight excluding hydrogens is 290 g/mol. The van der Waals surface area contributed by atoms with Crippen molar-refractivity contribution in [3.8, 4) is 5.75 Å². The molecule has 2 aliphatic rings. The third-order valence-electron chi connectivity index (χ3n) is 4.83. The van der Waals surface area contributed by atoms with E-state index in [1.54, 1.807) is 0 Å². The van der Waals surface area contributed by atoms with Crippen LogP contribution in [0.3, 0.4) is 0 Å². The van der Waals surface area contributed by atoms with Crippen molar-refractivity contribution in [3.63, 3.8) is 0 Å². The van der Waals surface area contributed by atoms with Crippen LogP contribution in [-0.2, 0) is 13.0 Å². The summed E-state index contributed by atoms with van der Waals surface area (Å²) in [6.07, 6.45) is 2.92. The molecule has 5 heteroatoms. The lowest BCUT2D eigenvalue weighted by Crippen LogP contribution is -2.21. The first-order valence-electron chi connectivity index (χ1n) is 8.11. The number of aliphatic hydroxyl groups excluding tert-OH is 1. The smallest absolute Gasteiger partial charge is 0.133 e. The van der Waals surface area contributed by atoms with E-state index in [-0.39, 0.29) is 12.0 Å². The molecule has 120 valence electrons. The first-order valence-corrected chi connectivity index (χ1v) is 8.11. The number of fused-ring (bicyclic) bond motifs is 2. The van der Waals surface area contributed by atoms with Crippen molar-refractivity contribution in [1.29, 1.82) is 0 Å². The van der Waals surface area contributed by atoms with Crippen molar-refractivity contribution in [1.82, 2.24) is 9.97 Å². The van der Waals surface area contributed by atoms with Crippen LogP contribution in [0.4, 0.5) is 5.82 Å². The van der Waals surface area contributed by atoms with Crippen LogP contribution in [-0.4, -0.2) is 28.2 Å². The highest BCUT2D eigenvalue weighted by Crippen LogP contribution is 2.45. The van der Waals surface area contributed by atoms with Gasteiger partial charge in [0.15, 0.2) is 0 Å². The summed E-state index contributed by atoms with van der Waals surface area (Å²) >= 11 is 0. The first-order chi connectivity index (χ1) is 11.2. The molecule has 4 rings (SSSR count). The van der Waals surface area contributed by atoms with Crippen LogP contribution >= 0.6 is 0 Å². The monoisotopic (exact) mass is 311 g/mol. The molecule has 1 fully saturated rings. The van der Waals surface area contributed by atoms with Gasteiger partial charge in [0.2, 0.25) is 0 Å². The molecule has 1 aromatic carbocycles. The van der Waals surface area contributed by atoms with Gasteiger partial charge in [0.25, 0.3) is 0 Å². The molecule has 0 radical (unpaired) electrons. The second kappa shape index (κ2) is 5.49. The maximum Gasteiger partial charge on any atom is 0.133 e. The Balaban J connectivity index is 1.67. The quantitative estimate of drug-likeness (QED) is 0.908. The van der Waals surface area contributed by atoms with E-state index in [0.29, 0.717) is 6.61 Å². The van der Waals surface area contributed by atoms with Crippen LogP contribution in [0.1, 0.15) is 35.5 Å². The number of aromatic nitrogens is 2. The molecule has 0 bridgehead atoms. The summed E-state index contributed by atoms with van der Waals surface area (Å²) in [4.78, 5) is 9.18. The number of rotatable bonds is 4. The summed E-state index contributed by atoms with van der Waals surface area (Å²) in [7, 11) is 0. The number of nitrogens with zero attached hydrogens (tertiary/aromatic N) is 2. The number of benzene rings is 1. The van der Waals surface area contributed by atoms with Crippen molar-refractivity contribution in [3.05, 3.63) is 46.9 Å². The Hall–Kier alpha value is -2.14. The average molecular weight is 311 g/mol. The second-order valence-corrected chi connectivity index (χ2v) is 6.63. The summed E-state index contributed by atoms with van der Waals surface area (Å²) in [6, 6.07) is 8.10. The predicted molar refractivity (Wildman–Crippen MR) is 87.6 cm³/mol. The molecule has 0 spiro atoms. The molecule has 2 N–H and O–H groups in total. The minimum atomic E-state index is 0.0465. The zero-order chi connectivity index (χ0) is 15.9. The fourth-order valence-electron chi connectivity index (χ4n) is 3.07. The van der Waals surface area contributed by atoms with E-state index in [1.165, 1.54) is 0 Å². The van der Waals surface area contributed by atoms with Crippen LogP contribution in [0.25, 0.3) is 0 Å². The molecule has 1 saturated carbocycles. The van der Waals surface area contributed by atoms with E-state index < -0.39 is 0 Å². The van der Waals surface area contributed by atoms with Gasteiger partial charge in [0.1, 0.15) is 24.0 Å². The van der Waals surface area contributed by atoms with E-state index in [9.17, 15) is 5.11 Å². The van der Waals surface area contributed by atoms with Gasteiger partial charge >= 0.3 is 0 Å². The molecule has 0 atom stereocenters. The normalized spacial score (nSPS) is 17.5. The highest BCUT2D eigenvalue weighted by molar-refractivity contribution is 5.52. The number of anilines is 1. The summed E-state index contributed by atoms with van der Waals surface area (Å²) in [6.45, 7) is 3.37. The number of para-hydroxylation sites is 1. The number of hydrogen-bond donors (Lipinski definition) is 2. The van der Waals surface area contributed by atoms with Gasteiger partial charge in [-0.3, -0.25) is 0 Å². The zero-order valence-corrected chi connectivity index (χ0v) is 13.3. The molecule has 1 aliphatic carbocycles. The Bertz CT molecular complexity index is 741. The molecule has 0 unspecified atom stereocenters. The number of hydrogen-bond acceptors (Lipinski definition) is 5. The molecule has 2 heterocycles. The van der Waals surface area contributed by atoms with Crippen LogP contribution in [0.2, 0.25) is 0 Å². The Morgan fingerprint density at radius 3 is 2.87 bits per heavy atom. The lowest BCUT2D eigenvalue weighted by atomic mass is 10.0. The average Bonchev–Trinajstić information content (AvgIpc) is 3.36. The molecule has 23 heavy (non-hydrogen) atoms. The number of ether oxygens (including phenoxy) is 1. The van der Waals surface area contributed by atoms with E-state index in [2.05, 4.69) is 21.4 Å². The van der Waals surface area contributed by atoms with Gasteiger partial charge in [-0.2, -0.15) is 0 Å². The summed E-state index contributed by atoms with van der Waals surface area (Å²) in [5.41, 5.74) is 3.26. The Labute approximate surface area is 135 Å². The van der Waals surface area contributed by atoms with Crippen LogP contribution < -0.4 is 10.1 Å². The maximum absolute atomic E-state index is 9.51. The minimum Gasteiger partial charge on any atom is -0.487 e. The number of aryl methyl sites for hydroxylation is 1. The molecule has 0 amide bonds. The Morgan fingerprint density at radius 2 is 2.09 bits per heavy atom. The SMILES string of the molecule is Cc1nc2c(c(NCC3(CO)CC3)n1)Cc1ccccc1OC2. The Morgan fingerprint density at radius 1 is 1.26 bits per heavy atom. The molecule has 5 nitrogen and oxygen atoms in total. The van der Waals surface area contributed by atoms with Gasteiger partial charge in [-0.25, -0.2) is 9.97 Å². The highest BCUT2D eigenvalue weighted by atomic mass is 16.5. The van der Waals surface area contributed by atoms with Gasteiger partial charge in [0.05, 0.1) is 12.3 Å². The largest absolute Gasteiger partial charge is 0.487 e. The second-order valence-electron chi connectivity index (χ2n) is 6.63. The predicted octanol–water partition coefficient (Wildman–Crippen LogP) is 2.45. The molecular formula is C18H21N3O2. The van der Waals surface area contributed by atoms with E-state index >= 15 is 0 Å². The summed E-state index contributed by atoms with van der Waals surface area (Å²) < 4.78 is 5.91. The van der Waals surface area contributed by atoms with Gasteiger partial charge in [0, 0.05) is 23.9 Å². The van der Waals surface area contributed by atoms with Crippen LogP contribution in [0.15, 0.2) is 24.3 Å². The molecule has 0 saturated heterocycles. The van der Waals surface area contributed by atoms with Gasteiger partial charge in [-0.05, 0) is 31.4 Å². The van der Waals surface area contributed by atoms with Crippen LogP contribution in [0, 0.1) is 12.3 Å². The molecule has 2 aromatic rings. The standard InChI is InChI=1S/C18H21N3O2/c1-12-20-15-9-23-16-5-3-2-4-13(16)8-14(15)17(21-12)19-10-18(11-22)6-7-18/h2-5,22H,6-11H2,1H3,(H,19,20,21). The lowest BCUT2D eigenvalue weighted by Gasteiger charge is -2.17.